The van der Waals surface area contributed by atoms with Crippen molar-refractivity contribution in [3.63, 3.8) is 0 Å². The molecule has 1 atom stereocenters. The first-order valence-corrected chi connectivity index (χ1v) is 12.0. The van der Waals surface area contributed by atoms with E-state index in [1.165, 1.54) is 18.2 Å². The highest BCUT2D eigenvalue weighted by molar-refractivity contribution is 5.89. The summed E-state index contributed by atoms with van der Waals surface area (Å²) in [6, 6.07) is 13.2. The average Bonchev–Trinajstić information content (AvgIpc) is 3.31. The topological polar surface area (TPSA) is 49.4 Å². The molecule has 2 aromatic carbocycles. The SMILES string of the molecule is O=C1CC2(CCN(C(=O)C3(c4ccccc4F)CCCC3)CC2)C(c2ccc(F)cc2)CN1. The van der Waals surface area contributed by atoms with Gasteiger partial charge in [0.25, 0.3) is 0 Å². The number of piperidine rings is 2. The van der Waals surface area contributed by atoms with Crippen molar-refractivity contribution >= 4 is 11.8 Å². The van der Waals surface area contributed by atoms with Crippen molar-refractivity contribution in [2.75, 3.05) is 19.6 Å². The average molecular weight is 453 g/mol. The molecule has 0 aromatic heterocycles. The van der Waals surface area contributed by atoms with Crippen LogP contribution in [0.2, 0.25) is 0 Å². The van der Waals surface area contributed by atoms with Gasteiger partial charge in [-0.05, 0) is 54.9 Å². The Morgan fingerprint density at radius 2 is 1.61 bits per heavy atom. The van der Waals surface area contributed by atoms with Gasteiger partial charge in [0.15, 0.2) is 0 Å². The Hall–Kier alpha value is -2.76. The molecule has 1 spiro atoms. The third kappa shape index (κ3) is 3.83. The van der Waals surface area contributed by atoms with Crippen LogP contribution in [0.5, 0.6) is 0 Å². The minimum absolute atomic E-state index is 0.0264. The first kappa shape index (κ1) is 22.1. The lowest BCUT2D eigenvalue weighted by Crippen LogP contribution is -2.55. The second-order valence-electron chi connectivity index (χ2n) is 10.0. The minimum atomic E-state index is -0.782. The van der Waals surface area contributed by atoms with Crippen LogP contribution >= 0.6 is 0 Å². The largest absolute Gasteiger partial charge is 0.355 e. The molecule has 0 bridgehead atoms. The van der Waals surface area contributed by atoms with E-state index in [1.807, 2.05) is 23.1 Å². The highest BCUT2D eigenvalue weighted by atomic mass is 19.1. The number of benzene rings is 2. The number of hydrogen-bond acceptors (Lipinski definition) is 2. The summed E-state index contributed by atoms with van der Waals surface area (Å²) in [6.07, 6.45) is 5.03. The van der Waals surface area contributed by atoms with Gasteiger partial charge >= 0.3 is 0 Å². The van der Waals surface area contributed by atoms with Crippen LogP contribution in [-0.2, 0) is 15.0 Å². The fourth-order valence-electron chi connectivity index (χ4n) is 6.51. The Morgan fingerprint density at radius 3 is 2.27 bits per heavy atom. The van der Waals surface area contributed by atoms with Gasteiger partial charge in [-0.25, -0.2) is 8.78 Å². The molecular weight excluding hydrogens is 422 g/mol. The molecule has 1 N–H and O–H groups in total. The highest BCUT2D eigenvalue weighted by Gasteiger charge is 2.51. The third-order valence-electron chi connectivity index (χ3n) is 8.33. The van der Waals surface area contributed by atoms with E-state index in [9.17, 15) is 18.4 Å². The molecule has 1 aliphatic carbocycles. The molecule has 6 heteroatoms. The maximum Gasteiger partial charge on any atom is 0.233 e. The molecule has 1 unspecified atom stereocenters. The second kappa shape index (κ2) is 8.54. The van der Waals surface area contributed by atoms with Crippen LogP contribution in [-0.4, -0.2) is 36.3 Å². The van der Waals surface area contributed by atoms with Crippen molar-refractivity contribution in [1.29, 1.82) is 0 Å². The smallest absolute Gasteiger partial charge is 0.233 e. The van der Waals surface area contributed by atoms with E-state index >= 15 is 0 Å². The van der Waals surface area contributed by atoms with Crippen molar-refractivity contribution < 1.29 is 18.4 Å². The molecule has 0 radical (unpaired) electrons. The Bertz CT molecular complexity index is 1040. The lowest BCUT2D eigenvalue weighted by molar-refractivity contribution is -0.141. The molecule has 4 nitrogen and oxygen atoms in total. The Balaban J connectivity index is 1.39. The Morgan fingerprint density at radius 1 is 0.939 bits per heavy atom. The number of likely N-dealkylation sites (tertiary alicyclic amines) is 1. The van der Waals surface area contributed by atoms with Crippen LogP contribution in [0.3, 0.4) is 0 Å². The van der Waals surface area contributed by atoms with Crippen molar-refractivity contribution in [3.05, 3.63) is 71.3 Å². The number of carbonyl (C=O) groups excluding carboxylic acids is 2. The summed E-state index contributed by atoms with van der Waals surface area (Å²) < 4.78 is 28.3. The summed E-state index contributed by atoms with van der Waals surface area (Å²) in [5, 5.41) is 2.97. The Labute approximate surface area is 193 Å². The molecule has 33 heavy (non-hydrogen) atoms. The molecule has 1 saturated carbocycles. The van der Waals surface area contributed by atoms with Gasteiger partial charge in [-0.1, -0.05) is 43.2 Å². The number of hydrogen-bond donors (Lipinski definition) is 1. The zero-order valence-corrected chi connectivity index (χ0v) is 18.8. The van der Waals surface area contributed by atoms with Crippen LogP contribution in [0, 0.1) is 17.0 Å². The first-order chi connectivity index (χ1) is 15.9. The van der Waals surface area contributed by atoms with Crippen molar-refractivity contribution in [2.45, 2.75) is 56.3 Å². The molecule has 2 aliphatic heterocycles. The molecule has 5 rings (SSSR count). The number of carbonyl (C=O) groups is 2. The molecule has 3 aliphatic rings. The van der Waals surface area contributed by atoms with Crippen LogP contribution < -0.4 is 5.32 Å². The monoisotopic (exact) mass is 452 g/mol. The molecule has 174 valence electrons. The third-order valence-corrected chi connectivity index (χ3v) is 8.33. The lowest BCUT2D eigenvalue weighted by atomic mass is 9.62. The minimum Gasteiger partial charge on any atom is -0.355 e. The molecular formula is C27H30F2N2O2. The van der Waals surface area contributed by atoms with Gasteiger partial charge < -0.3 is 10.2 Å². The van der Waals surface area contributed by atoms with Crippen LogP contribution in [0.4, 0.5) is 8.78 Å². The van der Waals surface area contributed by atoms with E-state index in [2.05, 4.69) is 5.32 Å². The maximum atomic E-state index is 14.8. The standard InChI is InChI=1S/C27H30F2N2O2/c28-20-9-7-19(8-10-20)22-18-30-24(32)17-26(22)13-15-31(16-14-26)25(33)27(11-3-4-12-27)21-5-1-2-6-23(21)29/h1-2,5-10,22H,3-4,11-18H2,(H,30,32). The predicted molar refractivity (Wildman–Crippen MR) is 122 cm³/mol. The van der Waals surface area contributed by atoms with Crippen molar-refractivity contribution in [3.8, 4) is 0 Å². The van der Waals surface area contributed by atoms with E-state index in [4.69, 9.17) is 0 Å². The fraction of sp³-hybridized carbons (Fsp3) is 0.481. The summed E-state index contributed by atoms with van der Waals surface area (Å²) in [6.45, 7) is 1.64. The van der Waals surface area contributed by atoms with Gasteiger partial charge in [-0.3, -0.25) is 9.59 Å². The van der Waals surface area contributed by atoms with Crippen LogP contribution in [0.1, 0.15) is 62.0 Å². The van der Waals surface area contributed by atoms with Gasteiger partial charge in [0.05, 0.1) is 5.41 Å². The van der Waals surface area contributed by atoms with E-state index in [1.54, 1.807) is 12.1 Å². The summed E-state index contributed by atoms with van der Waals surface area (Å²) >= 11 is 0. The van der Waals surface area contributed by atoms with Gasteiger partial charge in [0.1, 0.15) is 11.6 Å². The first-order valence-electron chi connectivity index (χ1n) is 12.0. The van der Waals surface area contributed by atoms with E-state index < -0.39 is 5.41 Å². The number of nitrogens with zero attached hydrogens (tertiary/aromatic N) is 1. The number of halogens is 2. The number of amides is 2. The lowest BCUT2D eigenvalue weighted by Gasteiger charge is -2.50. The van der Waals surface area contributed by atoms with Gasteiger partial charge in [0, 0.05) is 37.5 Å². The molecule has 3 fully saturated rings. The van der Waals surface area contributed by atoms with Gasteiger partial charge in [0.2, 0.25) is 11.8 Å². The summed E-state index contributed by atoms with van der Waals surface area (Å²) in [7, 11) is 0. The van der Waals surface area contributed by atoms with Crippen molar-refractivity contribution in [2.24, 2.45) is 5.41 Å². The van der Waals surface area contributed by atoms with Crippen LogP contribution in [0.15, 0.2) is 48.5 Å². The van der Waals surface area contributed by atoms with Gasteiger partial charge in [-0.15, -0.1) is 0 Å². The van der Waals surface area contributed by atoms with Crippen LogP contribution in [0.25, 0.3) is 0 Å². The zero-order chi connectivity index (χ0) is 23.1. The molecule has 2 aromatic rings. The summed E-state index contributed by atoms with van der Waals surface area (Å²) in [5.74, 6) is -0.435. The van der Waals surface area contributed by atoms with E-state index in [-0.39, 0.29) is 34.8 Å². The van der Waals surface area contributed by atoms with Crippen molar-refractivity contribution in [1.82, 2.24) is 10.2 Å². The fourth-order valence-corrected chi connectivity index (χ4v) is 6.51. The predicted octanol–water partition coefficient (Wildman–Crippen LogP) is 4.69. The summed E-state index contributed by atoms with van der Waals surface area (Å²) in [4.78, 5) is 28.1. The molecule has 2 amide bonds. The summed E-state index contributed by atoms with van der Waals surface area (Å²) in [5.41, 5.74) is 0.511. The van der Waals surface area contributed by atoms with E-state index in [0.717, 1.165) is 18.4 Å². The maximum absolute atomic E-state index is 14.8. The van der Waals surface area contributed by atoms with Gasteiger partial charge in [-0.2, -0.15) is 0 Å². The molecule has 2 heterocycles. The zero-order valence-electron chi connectivity index (χ0n) is 18.8. The Kier molecular flexibility index (Phi) is 5.71. The van der Waals surface area contributed by atoms with E-state index in [0.29, 0.717) is 57.3 Å². The quantitative estimate of drug-likeness (QED) is 0.735. The number of rotatable bonds is 3. The number of nitrogens with one attached hydrogen (secondary N) is 1. The normalized spacial score (nSPS) is 24.0. The molecule has 2 saturated heterocycles. The highest BCUT2D eigenvalue weighted by Crippen LogP contribution is 2.50. The second-order valence-corrected chi connectivity index (χ2v) is 10.0.